The van der Waals surface area contributed by atoms with Crippen molar-refractivity contribution in [2.24, 2.45) is 0 Å². The number of likely N-dealkylation sites (tertiary alicyclic amines) is 2. The molecule has 0 atom stereocenters. The average Bonchev–Trinajstić information content (AvgIpc) is 3.05. The van der Waals surface area contributed by atoms with E-state index in [9.17, 15) is 19.5 Å². The molecule has 3 aromatic rings. The number of hydrogen-bond donors (Lipinski definition) is 3. The van der Waals surface area contributed by atoms with E-state index in [1.165, 1.54) is 0 Å². The number of aliphatic hydroxyl groups is 1. The first-order chi connectivity index (χ1) is 21.8. The molecule has 10 nitrogen and oxygen atoms in total. The summed E-state index contributed by atoms with van der Waals surface area (Å²) < 4.78 is 5.76. The van der Waals surface area contributed by atoms with Crippen LogP contribution >= 0.6 is 0 Å². The highest BCUT2D eigenvalue weighted by Gasteiger charge is 2.24. The summed E-state index contributed by atoms with van der Waals surface area (Å²) in [6.45, 7) is 4.48. The third kappa shape index (κ3) is 9.37. The molecule has 2 heterocycles. The molecule has 0 spiro atoms. The second-order valence-electron chi connectivity index (χ2n) is 11.8. The van der Waals surface area contributed by atoms with E-state index in [2.05, 4.69) is 15.5 Å². The lowest BCUT2D eigenvalue weighted by molar-refractivity contribution is -0.117. The molecule has 3 amide bonds. The number of benzene rings is 3. The minimum atomic E-state index is -0.452. The Bertz CT molecular complexity index is 1440. The molecule has 2 aliphatic rings. The maximum absolute atomic E-state index is 13.1. The van der Waals surface area contributed by atoms with Gasteiger partial charge in [0, 0.05) is 63.1 Å². The summed E-state index contributed by atoms with van der Waals surface area (Å²) in [6.07, 6.45) is 1.92. The van der Waals surface area contributed by atoms with Crippen LogP contribution in [0.3, 0.4) is 0 Å². The minimum absolute atomic E-state index is 0.109. The topological polar surface area (TPSA) is 114 Å². The fourth-order valence-electron chi connectivity index (χ4n) is 5.83. The Kier molecular flexibility index (Phi) is 11.2. The van der Waals surface area contributed by atoms with Gasteiger partial charge >= 0.3 is 6.09 Å². The molecule has 0 aromatic heterocycles. The first kappa shape index (κ1) is 32.2. The number of rotatable bonds is 10. The third-order valence-corrected chi connectivity index (χ3v) is 8.47. The lowest BCUT2D eigenvalue weighted by Gasteiger charge is -2.32. The quantitative estimate of drug-likeness (QED) is 0.308. The molecule has 2 fully saturated rings. The van der Waals surface area contributed by atoms with Gasteiger partial charge < -0.3 is 25.0 Å². The lowest BCUT2D eigenvalue weighted by atomic mass is 10.0. The van der Waals surface area contributed by atoms with Crippen molar-refractivity contribution < 1.29 is 24.2 Å². The minimum Gasteiger partial charge on any atom is -0.446 e. The van der Waals surface area contributed by atoms with Gasteiger partial charge in [-0.05, 0) is 55.5 Å². The summed E-state index contributed by atoms with van der Waals surface area (Å²) in [7, 11) is 1.78. The van der Waals surface area contributed by atoms with Gasteiger partial charge in [0.25, 0.3) is 5.91 Å². The van der Waals surface area contributed by atoms with Crippen molar-refractivity contribution in [1.29, 1.82) is 0 Å². The highest BCUT2D eigenvalue weighted by Crippen LogP contribution is 2.28. The normalized spacial score (nSPS) is 16.6. The van der Waals surface area contributed by atoms with E-state index in [1.54, 1.807) is 36.2 Å². The van der Waals surface area contributed by atoms with Crippen LogP contribution in [0.15, 0.2) is 78.9 Å². The van der Waals surface area contributed by atoms with Gasteiger partial charge in [-0.1, -0.05) is 54.6 Å². The number of nitrogens with zero attached hydrogens (tertiary/aromatic N) is 3. The predicted octanol–water partition coefficient (Wildman–Crippen LogP) is 4.53. The van der Waals surface area contributed by atoms with Crippen LogP contribution in [0.5, 0.6) is 0 Å². The Hall–Kier alpha value is -4.25. The third-order valence-electron chi connectivity index (χ3n) is 8.47. The molecule has 2 aliphatic heterocycles. The SMILES string of the molecule is CN(CCN1CCC(OC(=O)Nc2ccccc2-c2ccccc2)CC1)C(=O)c1cccc(NC(=O)CN2CCC(O)CC2)c1. The molecule has 0 saturated carbocycles. The van der Waals surface area contributed by atoms with Gasteiger partial charge in [0.05, 0.1) is 18.3 Å². The zero-order chi connectivity index (χ0) is 31.6. The molecule has 238 valence electrons. The van der Waals surface area contributed by atoms with Crippen LogP contribution in [0.1, 0.15) is 36.0 Å². The zero-order valence-corrected chi connectivity index (χ0v) is 25.9. The van der Waals surface area contributed by atoms with Crippen LogP contribution in [0.4, 0.5) is 16.2 Å². The van der Waals surface area contributed by atoms with Gasteiger partial charge in [-0.3, -0.25) is 19.8 Å². The fraction of sp³-hybridized carbons (Fsp3) is 0.400. The number of piperidine rings is 2. The number of carbonyl (C=O) groups is 3. The number of likely N-dealkylation sites (N-methyl/N-ethyl adjacent to an activating group) is 1. The molecule has 2 saturated heterocycles. The van der Waals surface area contributed by atoms with E-state index in [-0.39, 0.29) is 30.6 Å². The Morgan fingerprint density at radius 3 is 2.29 bits per heavy atom. The highest BCUT2D eigenvalue weighted by molar-refractivity contribution is 5.97. The summed E-state index contributed by atoms with van der Waals surface area (Å²) >= 11 is 0. The monoisotopic (exact) mass is 613 g/mol. The maximum atomic E-state index is 13.1. The summed E-state index contributed by atoms with van der Waals surface area (Å²) in [5, 5.41) is 15.5. The van der Waals surface area contributed by atoms with E-state index in [1.807, 2.05) is 59.5 Å². The molecule has 0 radical (unpaired) electrons. The molecule has 45 heavy (non-hydrogen) atoms. The van der Waals surface area contributed by atoms with Crippen molar-refractivity contribution in [1.82, 2.24) is 14.7 Å². The number of para-hydroxylation sites is 1. The van der Waals surface area contributed by atoms with Gasteiger partial charge in [-0.2, -0.15) is 0 Å². The smallest absolute Gasteiger partial charge is 0.411 e. The van der Waals surface area contributed by atoms with E-state index in [0.717, 1.165) is 37.1 Å². The van der Waals surface area contributed by atoms with Crippen molar-refractivity contribution in [3.63, 3.8) is 0 Å². The maximum Gasteiger partial charge on any atom is 0.411 e. The molecule has 10 heteroatoms. The van der Waals surface area contributed by atoms with Gasteiger partial charge in [-0.15, -0.1) is 0 Å². The standard InChI is InChI=1S/C35H43N5O5/c1-38(34(43)27-10-7-11-28(24-27)36-33(42)25-40-18-14-29(41)15-19-40)22-23-39-20-16-30(17-21-39)45-35(44)37-32-13-6-5-12-31(32)26-8-3-2-4-9-26/h2-13,24,29-30,41H,14-23,25H2,1H3,(H,36,42)(H,37,44). The zero-order valence-electron chi connectivity index (χ0n) is 25.9. The second kappa shape index (κ2) is 15.7. The highest BCUT2D eigenvalue weighted by atomic mass is 16.6. The van der Waals surface area contributed by atoms with E-state index < -0.39 is 6.09 Å². The molecule has 0 unspecified atom stereocenters. The largest absolute Gasteiger partial charge is 0.446 e. The predicted molar refractivity (Wildman–Crippen MR) is 175 cm³/mol. The average molecular weight is 614 g/mol. The second-order valence-corrected chi connectivity index (χ2v) is 11.8. The number of nitrogens with one attached hydrogen (secondary N) is 2. The molecule has 3 aromatic carbocycles. The molecule has 0 aliphatic carbocycles. The fourth-order valence-corrected chi connectivity index (χ4v) is 5.83. The van der Waals surface area contributed by atoms with Crippen LogP contribution in [0.2, 0.25) is 0 Å². The van der Waals surface area contributed by atoms with Crippen molar-refractivity contribution in [3.8, 4) is 11.1 Å². The molecule has 3 N–H and O–H groups in total. The van der Waals surface area contributed by atoms with Crippen LogP contribution in [-0.4, -0.2) is 103 Å². The first-order valence-corrected chi connectivity index (χ1v) is 15.7. The molecule has 5 rings (SSSR count). The van der Waals surface area contributed by atoms with Crippen LogP contribution in [0, 0.1) is 0 Å². The number of anilines is 2. The number of amides is 3. The van der Waals surface area contributed by atoms with Gasteiger partial charge in [0.1, 0.15) is 6.10 Å². The molecular formula is C35H43N5O5. The van der Waals surface area contributed by atoms with Crippen LogP contribution in [0.25, 0.3) is 11.1 Å². The van der Waals surface area contributed by atoms with Crippen LogP contribution in [-0.2, 0) is 9.53 Å². The Morgan fingerprint density at radius 1 is 0.844 bits per heavy atom. The van der Waals surface area contributed by atoms with E-state index >= 15 is 0 Å². The van der Waals surface area contributed by atoms with Crippen molar-refractivity contribution in [3.05, 3.63) is 84.4 Å². The first-order valence-electron chi connectivity index (χ1n) is 15.7. The summed E-state index contributed by atoms with van der Waals surface area (Å²) in [6, 6.07) is 24.6. The lowest BCUT2D eigenvalue weighted by Crippen LogP contribution is -2.42. The number of ether oxygens (including phenoxy) is 1. The van der Waals surface area contributed by atoms with Gasteiger partial charge in [0.15, 0.2) is 0 Å². The van der Waals surface area contributed by atoms with Gasteiger partial charge in [0.2, 0.25) is 5.91 Å². The number of aliphatic hydroxyl groups excluding tert-OH is 1. The Labute approximate surface area is 265 Å². The molecule has 0 bridgehead atoms. The summed E-state index contributed by atoms with van der Waals surface area (Å²) in [5.74, 6) is -0.243. The molecular weight excluding hydrogens is 570 g/mol. The number of hydrogen-bond acceptors (Lipinski definition) is 7. The summed E-state index contributed by atoms with van der Waals surface area (Å²) in [4.78, 5) is 44.4. The van der Waals surface area contributed by atoms with E-state index in [0.29, 0.717) is 56.0 Å². The number of carbonyl (C=O) groups excluding carboxylic acids is 3. The Balaban J connectivity index is 1.03. The Morgan fingerprint density at radius 2 is 1.53 bits per heavy atom. The van der Waals surface area contributed by atoms with E-state index in [4.69, 9.17) is 4.74 Å². The van der Waals surface area contributed by atoms with Crippen molar-refractivity contribution in [2.75, 3.05) is 63.5 Å². The van der Waals surface area contributed by atoms with Crippen molar-refractivity contribution in [2.45, 2.75) is 37.9 Å². The summed E-state index contributed by atoms with van der Waals surface area (Å²) in [5.41, 5.74) is 3.78. The van der Waals surface area contributed by atoms with Crippen molar-refractivity contribution >= 4 is 29.3 Å². The van der Waals surface area contributed by atoms with Gasteiger partial charge in [-0.25, -0.2) is 4.79 Å². The van der Waals surface area contributed by atoms with Crippen LogP contribution < -0.4 is 10.6 Å².